The van der Waals surface area contributed by atoms with Crippen LogP contribution in [0.3, 0.4) is 0 Å². The van der Waals surface area contributed by atoms with Crippen LogP contribution in [0.1, 0.15) is 31.4 Å². The zero-order chi connectivity index (χ0) is 21.0. The van der Waals surface area contributed by atoms with E-state index in [2.05, 4.69) is 0 Å². The quantitative estimate of drug-likeness (QED) is 0.498. The van der Waals surface area contributed by atoms with E-state index in [0.717, 1.165) is 11.1 Å². The fourth-order valence-electron chi connectivity index (χ4n) is 2.15. The van der Waals surface area contributed by atoms with Crippen LogP contribution in [0.5, 0.6) is 0 Å². The molecular formula is C16H16F6N2O2S. The van der Waals surface area contributed by atoms with Gasteiger partial charge in [-0.2, -0.15) is 31.6 Å². The van der Waals surface area contributed by atoms with Crippen molar-refractivity contribution >= 4 is 15.5 Å². The Balaban J connectivity index is 3.60. The Bertz CT molecular complexity index is 819. The molecule has 0 heterocycles. The van der Waals surface area contributed by atoms with Gasteiger partial charge in [0, 0.05) is 18.4 Å². The van der Waals surface area contributed by atoms with Gasteiger partial charge in [-0.25, -0.2) is 8.42 Å². The fourth-order valence-corrected chi connectivity index (χ4v) is 3.34. The molecule has 0 aliphatic heterocycles. The summed E-state index contributed by atoms with van der Waals surface area (Å²) >= 11 is 0. The molecule has 0 aliphatic carbocycles. The van der Waals surface area contributed by atoms with E-state index in [0.29, 0.717) is 12.1 Å². The maximum absolute atomic E-state index is 13.0. The predicted octanol–water partition coefficient (Wildman–Crippen LogP) is 4.74. The molecule has 0 radical (unpaired) electrons. The third-order valence-corrected chi connectivity index (χ3v) is 5.25. The Kier molecular flexibility index (Phi) is 6.94. The summed E-state index contributed by atoms with van der Waals surface area (Å²) in [5.74, 6) is -0.375. The summed E-state index contributed by atoms with van der Waals surface area (Å²) in [7, 11) is -4.00. The van der Waals surface area contributed by atoms with E-state index in [9.17, 15) is 34.8 Å². The van der Waals surface area contributed by atoms with Crippen LogP contribution in [-0.2, 0) is 22.2 Å². The number of benzene rings is 1. The van der Waals surface area contributed by atoms with Gasteiger partial charge in [0.05, 0.1) is 16.9 Å². The number of alkyl halides is 6. The van der Waals surface area contributed by atoms with Gasteiger partial charge in [-0.3, -0.25) is 0 Å². The van der Waals surface area contributed by atoms with E-state index in [1.54, 1.807) is 6.92 Å². The van der Waals surface area contributed by atoms with Gasteiger partial charge in [-0.05, 0) is 31.5 Å². The second-order valence-electron chi connectivity index (χ2n) is 5.47. The van der Waals surface area contributed by atoms with Crippen LogP contribution in [0.15, 0.2) is 29.3 Å². The number of hydrogen-bond acceptors (Lipinski definition) is 4. The SMILES string of the molecule is CCCS(=O)(=O)/C(C#N)=C/N(CC)c1cc(C(F)(F)F)cc(C(F)(F)F)c1. The summed E-state index contributed by atoms with van der Waals surface area (Å²) in [6.07, 6.45) is -9.13. The molecule has 0 saturated heterocycles. The van der Waals surface area contributed by atoms with Gasteiger partial charge in [0.25, 0.3) is 0 Å². The molecule has 0 spiro atoms. The van der Waals surface area contributed by atoms with Crippen molar-refractivity contribution in [3.63, 3.8) is 0 Å². The standard InChI is InChI=1S/C16H16F6N2O2S/c1-3-5-27(25,26)14(9-23)10-24(4-2)13-7-11(15(17,18)19)6-12(8-13)16(20,21)22/h6-8,10H,3-5H2,1-2H3/b14-10+. The third kappa shape index (κ3) is 5.89. The highest BCUT2D eigenvalue weighted by atomic mass is 32.2. The van der Waals surface area contributed by atoms with E-state index in [1.165, 1.54) is 13.0 Å². The summed E-state index contributed by atoms with van der Waals surface area (Å²) in [5, 5.41) is 9.06. The Morgan fingerprint density at radius 2 is 1.56 bits per heavy atom. The van der Waals surface area contributed by atoms with Crippen LogP contribution >= 0.6 is 0 Å². The molecule has 0 fully saturated rings. The van der Waals surface area contributed by atoms with Crippen LogP contribution < -0.4 is 4.90 Å². The highest BCUT2D eigenvalue weighted by Crippen LogP contribution is 2.38. The summed E-state index contributed by atoms with van der Waals surface area (Å²) in [5.41, 5.74) is -3.60. The van der Waals surface area contributed by atoms with Crippen molar-refractivity contribution in [3.05, 3.63) is 40.4 Å². The molecule has 150 valence electrons. The summed E-state index contributed by atoms with van der Waals surface area (Å²) < 4.78 is 102. The van der Waals surface area contributed by atoms with E-state index in [-0.39, 0.29) is 24.8 Å². The van der Waals surface area contributed by atoms with Gasteiger partial charge in [-0.15, -0.1) is 0 Å². The number of nitriles is 1. The summed E-state index contributed by atoms with van der Waals surface area (Å²) in [6, 6.07) is 2.35. The molecule has 1 rings (SSSR count). The topological polar surface area (TPSA) is 61.2 Å². The number of nitrogens with zero attached hydrogens (tertiary/aromatic N) is 2. The van der Waals surface area contributed by atoms with Crippen molar-refractivity contribution < 1.29 is 34.8 Å². The Morgan fingerprint density at radius 1 is 1.07 bits per heavy atom. The minimum absolute atomic E-state index is 0.0277. The Morgan fingerprint density at radius 3 is 1.89 bits per heavy atom. The average molecular weight is 414 g/mol. The van der Waals surface area contributed by atoms with Gasteiger partial charge in [-0.1, -0.05) is 6.92 Å². The minimum Gasteiger partial charge on any atom is -0.346 e. The lowest BCUT2D eigenvalue weighted by atomic mass is 10.1. The minimum atomic E-state index is -5.04. The van der Waals surface area contributed by atoms with Crippen molar-refractivity contribution in [1.82, 2.24) is 0 Å². The lowest BCUT2D eigenvalue weighted by Gasteiger charge is -2.22. The maximum Gasteiger partial charge on any atom is 0.416 e. The lowest BCUT2D eigenvalue weighted by Crippen LogP contribution is -2.21. The molecule has 0 N–H and O–H groups in total. The zero-order valence-electron chi connectivity index (χ0n) is 14.3. The molecule has 0 amide bonds. The molecule has 0 aromatic heterocycles. The summed E-state index contributed by atoms with van der Waals surface area (Å²) in [6.45, 7) is 2.78. The summed E-state index contributed by atoms with van der Waals surface area (Å²) in [4.78, 5) is 0.119. The van der Waals surface area contributed by atoms with E-state index in [1.807, 2.05) is 0 Å². The van der Waals surface area contributed by atoms with Crippen LogP contribution in [0, 0.1) is 11.3 Å². The Labute approximate surface area is 152 Å². The van der Waals surface area contributed by atoms with Crippen LogP contribution in [0.25, 0.3) is 0 Å². The smallest absolute Gasteiger partial charge is 0.346 e. The molecule has 0 bridgehead atoms. The molecule has 0 saturated carbocycles. The molecule has 27 heavy (non-hydrogen) atoms. The number of hydrogen-bond donors (Lipinski definition) is 0. The van der Waals surface area contributed by atoms with Crippen LogP contribution in [-0.4, -0.2) is 20.7 Å². The van der Waals surface area contributed by atoms with Crippen molar-refractivity contribution in [1.29, 1.82) is 5.26 Å². The van der Waals surface area contributed by atoms with E-state index >= 15 is 0 Å². The predicted molar refractivity (Wildman–Crippen MR) is 87.2 cm³/mol. The van der Waals surface area contributed by atoms with E-state index in [4.69, 9.17) is 5.26 Å². The maximum atomic E-state index is 13.0. The second kappa shape index (κ2) is 8.21. The second-order valence-corrected chi connectivity index (χ2v) is 7.55. The first-order chi connectivity index (χ1) is 12.3. The largest absolute Gasteiger partial charge is 0.416 e. The number of rotatable bonds is 6. The first-order valence-electron chi connectivity index (χ1n) is 7.67. The third-order valence-electron chi connectivity index (χ3n) is 3.44. The van der Waals surface area contributed by atoms with Gasteiger partial charge in [0.1, 0.15) is 6.07 Å². The lowest BCUT2D eigenvalue weighted by molar-refractivity contribution is -0.143. The van der Waals surface area contributed by atoms with Crippen molar-refractivity contribution in [2.75, 3.05) is 17.2 Å². The van der Waals surface area contributed by atoms with Gasteiger partial charge < -0.3 is 4.90 Å². The molecule has 0 aliphatic rings. The molecule has 11 heteroatoms. The molecule has 0 atom stereocenters. The first-order valence-corrected chi connectivity index (χ1v) is 9.32. The highest BCUT2D eigenvalue weighted by molar-refractivity contribution is 7.95. The fraction of sp³-hybridized carbons (Fsp3) is 0.438. The number of sulfone groups is 1. The van der Waals surface area contributed by atoms with Crippen molar-refractivity contribution in [2.45, 2.75) is 32.6 Å². The first kappa shape index (κ1) is 22.8. The zero-order valence-corrected chi connectivity index (χ0v) is 15.1. The molecule has 0 unspecified atom stereocenters. The Hall–Kier alpha value is -2.22. The molecule has 1 aromatic rings. The van der Waals surface area contributed by atoms with Crippen LogP contribution in [0.4, 0.5) is 32.0 Å². The van der Waals surface area contributed by atoms with Crippen LogP contribution in [0.2, 0.25) is 0 Å². The number of anilines is 1. The molecule has 1 aromatic carbocycles. The number of allylic oxidation sites excluding steroid dienone is 1. The van der Waals surface area contributed by atoms with Gasteiger partial charge >= 0.3 is 12.4 Å². The van der Waals surface area contributed by atoms with Crippen molar-refractivity contribution in [3.8, 4) is 6.07 Å². The average Bonchev–Trinajstić information content (AvgIpc) is 2.53. The van der Waals surface area contributed by atoms with Crippen molar-refractivity contribution in [2.24, 2.45) is 0 Å². The monoisotopic (exact) mass is 414 g/mol. The normalized spacial score (nSPS) is 13.4. The van der Waals surface area contributed by atoms with Gasteiger partial charge in [0.15, 0.2) is 14.7 Å². The highest BCUT2D eigenvalue weighted by Gasteiger charge is 2.37. The molecular weight excluding hydrogens is 398 g/mol. The van der Waals surface area contributed by atoms with E-state index < -0.39 is 43.9 Å². The molecule has 4 nitrogen and oxygen atoms in total. The number of halogens is 6. The van der Waals surface area contributed by atoms with Gasteiger partial charge in [0.2, 0.25) is 0 Å².